The van der Waals surface area contributed by atoms with Crippen LogP contribution in [0.15, 0.2) is 48.6 Å². The Bertz CT molecular complexity index is 1120. The van der Waals surface area contributed by atoms with Gasteiger partial charge in [-0.25, -0.2) is 9.37 Å². The smallest absolute Gasteiger partial charge is 0.225 e. The molecule has 1 amide bonds. The lowest BCUT2D eigenvalue weighted by Crippen LogP contribution is -2.44. The minimum absolute atomic E-state index is 0.00202. The number of amides is 1. The van der Waals surface area contributed by atoms with E-state index < -0.39 is 5.41 Å². The fourth-order valence-corrected chi connectivity index (χ4v) is 6.87. The van der Waals surface area contributed by atoms with Gasteiger partial charge in [0.15, 0.2) is 11.6 Å². The molecule has 2 aromatic rings. The number of fused-ring (bicyclic) bond motifs is 5. The third kappa shape index (κ3) is 3.54. The molecule has 1 aromatic heterocycles. The van der Waals surface area contributed by atoms with Crippen molar-refractivity contribution < 1.29 is 19.1 Å². The minimum atomic E-state index is -0.563. The number of hydrogen-bond acceptors (Lipinski definition) is 5. The molecular weight excluding hydrogens is 421 g/mol. The Morgan fingerprint density at radius 1 is 1.33 bits per heavy atom. The van der Waals surface area contributed by atoms with Crippen molar-refractivity contribution in [3.63, 3.8) is 0 Å². The van der Waals surface area contributed by atoms with Crippen LogP contribution < -0.4 is 5.32 Å². The van der Waals surface area contributed by atoms with Crippen molar-refractivity contribution in [2.24, 2.45) is 23.2 Å². The molecule has 1 aromatic carbocycles. The van der Waals surface area contributed by atoms with E-state index in [-0.39, 0.29) is 47.6 Å². The average molecular weight is 450 g/mol. The lowest BCUT2D eigenvalue weighted by Gasteiger charge is -2.49. The number of benzene rings is 1. The Morgan fingerprint density at radius 2 is 2.18 bits per heavy atom. The van der Waals surface area contributed by atoms with E-state index >= 15 is 0 Å². The number of carbonyl (C=O) groups is 2. The van der Waals surface area contributed by atoms with Crippen LogP contribution >= 0.6 is 0 Å². The van der Waals surface area contributed by atoms with E-state index in [0.717, 1.165) is 30.2 Å². The van der Waals surface area contributed by atoms with Crippen LogP contribution in [0.2, 0.25) is 0 Å². The van der Waals surface area contributed by atoms with Crippen molar-refractivity contribution in [1.82, 2.24) is 9.97 Å². The third-order valence-electron chi connectivity index (χ3n) is 8.24. The van der Waals surface area contributed by atoms with Gasteiger partial charge in [-0.1, -0.05) is 19.1 Å². The summed E-state index contributed by atoms with van der Waals surface area (Å²) < 4.78 is 14.5. The highest BCUT2D eigenvalue weighted by Gasteiger charge is 2.60. The predicted octanol–water partition coefficient (Wildman–Crippen LogP) is 4.74. The number of anilines is 1. The summed E-state index contributed by atoms with van der Waals surface area (Å²) in [7, 11) is 0. The van der Waals surface area contributed by atoms with Crippen molar-refractivity contribution >= 4 is 17.5 Å². The Balaban J connectivity index is 1.41. The molecule has 2 saturated carbocycles. The number of rotatable bonds is 4. The molecule has 3 aliphatic carbocycles. The lowest BCUT2D eigenvalue weighted by molar-refractivity contribution is -0.127. The number of ketones is 1. The van der Waals surface area contributed by atoms with Crippen molar-refractivity contribution in [2.45, 2.75) is 51.4 Å². The summed E-state index contributed by atoms with van der Waals surface area (Å²) in [5.74, 6) is 0.268. The molecule has 33 heavy (non-hydrogen) atoms. The van der Waals surface area contributed by atoms with Crippen LogP contribution in [0.5, 0.6) is 0 Å². The molecule has 3 unspecified atom stereocenters. The highest BCUT2D eigenvalue weighted by atomic mass is 19.1. The molecule has 1 heterocycles. The fraction of sp³-hybridized carbons (Fsp3) is 0.462. The molecule has 5 atom stereocenters. The average Bonchev–Trinajstić information content (AvgIpc) is 3.04. The summed E-state index contributed by atoms with van der Waals surface area (Å²) in [5, 5.41) is 12.8. The van der Waals surface area contributed by atoms with Gasteiger partial charge in [-0.2, -0.15) is 0 Å². The Labute approximate surface area is 192 Å². The van der Waals surface area contributed by atoms with Gasteiger partial charge in [0.2, 0.25) is 5.91 Å². The molecule has 3 aliphatic rings. The molecule has 0 saturated heterocycles. The first-order chi connectivity index (χ1) is 15.9. The van der Waals surface area contributed by atoms with Crippen molar-refractivity contribution in [2.75, 3.05) is 5.32 Å². The topological polar surface area (TPSA) is 92.2 Å². The zero-order chi connectivity index (χ0) is 23.2. The van der Waals surface area contributed by atoms with Gasteiger partial charge in [-0.15, -0.1) is 0 Å². The first-order valence-corrected chi connectivity index (χ1v) is 11.7. The van der Waals surface area contributed by atoms with Crippen LogP contribution in [0.25, 0.3) is 0 Å². The van der Waals surface area contributed by atoms with Crippen LogP contribution in [-0.4, -0.2) is 26.8 Å². The van der Waals surface area contributed by atoms with Crippen LogP contribution in [0.4, 0.5) is 10.2 Å². The monoisotopic (exact) mass is 449 g/mol. The Morgan fingerprint density at radius 3 is 2.94 bits per heavy atom. The number of aliphatic hydroxyl groups is 1. The number of nitrogens with zero attached hydrogens (tertiary/aromatic N) is 2. The second-order valence-electron chi connectivity index (χ2n) is 9.80. The summed E-state index contributed by atoms with van der Waals surface area (Å²) in [6, 6.07) is 5.33. The number of carbonyl (C=O) groups excluding carboxylic acids is 2. The standard InChI is InChI=1S/C26H28FN3O3/c1-26-10-9-16-15-3-2-4-21(27)17(15)5-6-18(16)24(26)19(20(14-31)25(26)33)7-8-23(32)30-22-13-28-11-12-29-22/h2-4,11-14,16,18-19,24,31H,5-10H2,1H3,(H,29,30,32)/b20-14-/t16?,18?,19-,24?,26+/m1/s1. The largest absolute Gasteiger partial charge is 0.515 e. The summed E-state index contributed by atoms with van der Waals surface area (Å²) in [4.78, 5) is 34.0. The number of allylic oxidation sites excluding steroid dienone is 1. The van der Waals surface area contributed by atoms with Crippen molar-refractivity contribution in [3.8, 4) is 0 Å². The highest BCUT2D eigenvalue weighted by molar-refractivity contribution is 6.03. The summed E-state index contributed by atoms with van der Waals surface area (Å²) in [5.41, 5.74) is 1.75. The normalized spacial score (nSPS) is 31.6. The molecule has 7 heteroatoms. The van der Waals surface area contributed by atoms with Gasteiger partial charge >= 0.3 is 0 Å². The van der Waals surface area contributed by atoms with Gasteiger partial charge in [0, 0.05) is 29.8 Å². The molecule has 0 aliphatic heterocycles. The first kappa shape index (κ1) is 21.7. The molecule has 0 spiro atoms. The maximum Gasteiger partial charge on any atom is 0.225 e. The van der Waals surface area contributed by atoms with Gasteiger partial charge < -0.3 is 10.4 Å². The van der Waals surface area contributed by atoms with Crippen molar-refractivity contribution in [1.29, 1.82) is 0 Å². The third-order valence-corrected chi connectivity index (χ3v) is 8.24. The lowest BCUT2D eigenvalue weighted by atomic mass is 9.54. The number of aromatic nitrogens is 2. The SMILES string of the molecule is C[C@]12CCC3c4cccc(F)c4CCC3C1[C@H](CCC(=O)Nc1cnccn1)/C(=C/O)C2=O. The van der Waals surface area contributed by atoms with Crippen LogP contribution in [0, 0.1) is 29.0 Å². The molecule has 172 valence electrons. The highest BCUT2D eigenvalue weighted by Crippen LogP contribution is 2.63. The van der Waals surface area contributed by atoms with E-state index in [1.54, 1.807) is 6.07 Å². The first-order valence-electron chi connectivity index (χ1n) is 11.7. The number of hydrogen-bond donors (Lipinski definition) is 2. The molecule has 0 radical (unpaired) electrons. The minimum Gasteiger partial charge on any atom is -0.515 e. The quantitative estimate of drug-likeness (QED) is 0.520. The summed E-state index contributed by atoms with van der Waals surface area (Å²) in [6.07, 6.45) is 9.16. The number of aliphatic hydroxyl groups excluding tert-OH is 1. The summed E-state index contributed by atoms with van der Waals surface area (Å²) in [6.45, 7) is 2.01. The van der Waals surface area contributed by atoms with Crippen LogP contribution in [0.3, 0.4) is 0 Å². The number of halogens is 1. The fourth-order valence-electron chi connectivity index (χ4n) is 6.87. The Hall–Kier alpha value is -3.09. The van der Waals surface area contributed by atoms with E-state index in [4.69, 9.17) is 0 Å². The van der Waals surface area contributed by atoms with Gasteiger partial charge in [-0.3, -0.25) is 14.6 Å². The van der Waals surface area contributed by atoms with E-state index in [0.29, 0.717) is 30.7 Å². The molecule has 2 N–H and O–H groups in total. The molecule has 5 rings (SSSR count). The zero-order valence-electron chi connectivity index (χ0n) is 18.6. The predicted molar refractivity (Wildman–Crippen MR) is 121 cm³/mol. The van der Waals surface area contributed by atoms with E-state index in [1.165, 1.54) is 24.7 Å². The van der Waals surface area contributed by atoms with Crippen LogP contribution in [-0.2, 0) is 16.0 Å². The second kappa shape index (κ2) is 8.36. The molecule has 2 fully saturated rings. The van der Waals surface area contributed by atoms with E-state index in [9.17, 15) is 19.1 Å². The van der Waals surface area contributed by atoms with Crippen LogP contribution in [0.1, 0.15) is 56.1 Å². The molecular formula is C26H28FN3O3. The Kier molecular flexibility index (Phi) is 5.51. The molecule has 0 bridgehead atoms. The van der Waals surface area contributed by atoms with Gasteiger partial charge in [0.25, 0.3) is 0 Å². The number of Topliss-reactive ketones (excluding diaryl/α,β-unsaturated/α-hetero) is 1. The van der Waals surface area contributed by atoms with Gasteiger partial charge in [0.1, 0.15) is 5.82 Å². The number of nitrogens with one attached hydrogen (secondary N) is 1. The second-order valence-corrected chi connectivity index (χ2v) is 9.80. The van der Waals surface area contributed by atoms with E-state index in [2.05, 4.69) is 15.3 Å². The maximum absolute atomic E-state index is 14.5. The van der Waals surface area contributed by atoms with E-state index in [1.807, 2.05) is 13.0 Å². The van der Waals surface area contributed by atoms with Gasteiger partial charge in [0.05, 0.1) is 12.5 Å². The van der Waals surface area contributed by atoms with Crippen molar-refractivity contribution in [3.05, 3.63) is 65.6 Å². The van der Waals surface area contributed by atoms with Gasteiger partial charge in [-0.05, 0) is 73.0 Å². The molecule has 6 nitrogen and oxygen atoms in total. The zero-order valence-corrected chi connectivity index (χ0v) is 18.6. The maximum atomic E-state index is 14.5. The summed E-state index contributed by atoms with van der Waals surface area (Å²) >= 11 is 0.